The van der Waals surface area contributed by atoms with Gasteiger partial charge in [-0.2, -0.15) is 5.26 Å². The number of furan rings is 1. The van der Waals surface area contributed by atoms with Crippen molar-refractivity contribution in [2.24, 2.45) is 0 Å². The Morgan fingerprint density at radius 2 is 2.20 bits per heavy atom. The highest BCUT2D eigenvalue weighted by atomic mass is 16.5. The van der Waals surface area contributed by atoms with Crippen LogP contribution in [0.3, 0.4) is 0 Å². The third-order valence-electron chi connectivity index (χ3n) is 3.07. The van der Waals surface area contributed by atoms with Gasteiger partial charge in [0.05, 0.1) is 13.2 Å². The zero-order valence-corrected chi connectivity index (χ0v) is 11.4. The van der Waals surface area contributed by atoms with Gasteiger partial charge in [-0.3, -0.25) is 4.79 Å². The van der Waals surface area contributed by atoms with Crippen molar-refractivity contribution in [2.75, 3.05) is 7.11 Å². The Morgan fingerprint density at radius 3 is 2.80 bits per heavy atom. The van der Waals surface area contributed by atoms with E-state index in [9.17, 15) is 10.1 Å². The van der Waals surface area contributed by atoms with Crippen molar-refractivity contribution in [3.8, 4) is 11.8 Å². The van der Waals surface area contributed by atoms with Crippen LogP contribution in [0.25, 0.3) is 0 Å². The van der Waals surface area contributed by atoms with E-state index in [0.717, 1.165) is 5.76 Å². The van der Waals surface area contributed by atoms with Crippen LogP contribution in [0.5, 0.6) is 5.75 Å². The van der Waals surface area contributed by atoms with Crippen molar-refractivity contribution >= 4 is 5.78 Å². The summed E-state index contributed by atoms with van der Waals surface area (Å²) in [4.78, 5) is 12.3. The van der Waals surface area contributed by atoms with E-state index >= 15 is 0 Å². The Morgan fingerprint density at radius 1 is 1.40 bits per heavy atom. The quantitative estimate of drug-likeness (QED) is 0.781. The van der Waals surface area contributed by atoms with Crippen molar-refractivity contribution in [1.29, 1.82) is 5.26 Å². The topological polar surface area (TPSA) is 63.2 Å². The van der Waals surface area contributed by atoms with E-state index in [-0.39, 0.29) is 11.5 Å². The van der Waals surface area contributed by atoms with Crippen molar-refractivity contribution in [2.45, 2.75) is 19.3 Å². The van der Waals surface area contributed by atoms with Gasteiger partial charge in [0.15, 0.2) is 5.76 Å². The molecule has 1 unspecified atom stereocenters. The number of ketones is 1. The van der Waals surface area contributed by atoms with Gasteiger partial charge in [0.2, 0.25) is 5.78 Å². The number of nitriles is 1. The van der Waals surface area contributed by atoms with E-state index in [2.05, 4.69) is 0 Å². The molecule has 4 nitrogen and oxygen atoms in total. The number of Topliss-reactive ketones (excluding diaryl/α,β-unsaturated/α-hetero) is 1. The first-order valence-corrected chi connectivity index (χ1v) is 6.36. The molecule has 1 aromatic carbocycles. The Bertz CT molecular complexity index is 652. The maximum Gasteiger partial charge on any atom is 0.219 e. The minimum atomic E-state index is -0.888. The zero-order chi connectivity index (χ0) is 14.5. The number of hydrogen-bond donors (Lipinski definition) is 0. The summed E-state index contributed by atoms with van der Waals surface area (Å²) in [6.45, 7) is 1.94. The predicted molar refractivity (Wildman–Crippen MR) is 73.8 cm³/mol. The van der Waals surface area contributed by atoms with E-state index in [0.29, 0.717) is 17.7 Å². The lowest BCUT2D eigenvalue weighted by Gasteiger charge is -2.08. The average molecular weight is 269 g/mol. The van der Waals surface area contributed by atoms with Gasteiger partial charge in [-0.15, -0.1) is 0 Å². The minimum absolute atomic E-state index is 0.219. The van der Waals surface area contributed by atoms with E-state index < -0.39 is 5.92 Å². The standard InChI is InChI=1S/C16H15NO3/c1-3-12-7-8-15(20-12)16(18)14(10-17)11-5-4-6-13(9-11)19-2/h4-9,14H,3H2,1-2H3. The van der Waals surface area contributed by atoms with Crippen LogP contribution in [0.1, 0.15) is 34.7 Å². The van der Waals surface area contributed by atoms with Crippen LogP contribution < -0.4 is 4.74 Å². The highest BCUT2D eigenvalue weighted by molar-refractivity contribution is 6.00. The van der Waals surface area contributed by atoms with Crippen LogP contribution in [0, 0.1) is 11.3 Å². The van der Waals surface area contributed by atoms with Gasteiger partial charge in [-0.25, -0.2) is 0 Å². The molecule has 2 rings (SSSR count). The van der Waals surface area contributed by atoms with E-state index in [1.165, 1.54) is 0 Å². The highest BCUT2D eigenvalue weighted by Crippen LogP contribution is 2.25. The van der Waals surface area contributed by atoms with Crippen LogP contribution in [0.4, 0.5) is 0 Å². The number of carbonyl (C=O) groups excluding carboxylic acids is 1. The fourth-order valence-corrected chi connectivity index (χ4v) is 1.95. The summed E-state index contributed by atoms with van der Waals surface area (Å²) < 4.78 is 10.5. The van der Waals surface area contributed by atoms with Gasteiger partial charge >= 0.3 is 0 Å². The number of hydrogen-bond acceptors (Lipinski definition) is 4. The maximum atomic E-state index is 12.3. The minimum Gasteiger partial charge on any atom is -0.497 e. The van der Waals surface area contributed by atoms with Gasteiger partial charge in [-0.05, 0) is 29.8 Å². The number of benzene rings is 1. The summed E-state index contributed by atoms with van der Waals surface area (Å²) in [5, 5.41) is 9.29. The summed E-state index contributed by atoms with van der Waals surface area (Å²) in [7, 11) is 1.54. The molecule has 0 aliphatic heterocycles. The number of ether oxygens (including phenoxy) is 1. The van der Waals surface area contributed by atoms with Crippen molar-refractivity contribution in [3.05, 3.63) is 53.5 Å². The van der Waals surface area contributed by atoms with Crippen molar-refractivity contribution in [1.82, 2.24) is 0 Å². The lowest BCUT2D eigenvalue weighted by atomic mass is 9.94. The van der Waals surface area contributed by atoms with Gasteiger partial charge in [0.1, 0.15) is 17.4 Å². The third-order valence-corrected chi connectivity index (χ3v) is 3.07. The normalized spacial score (nSPS) is 11.7. The summed E-state index contributed by atoms with van der Waals surface area (Å²) in [5.74, 6) is 0.345. The van der Waals surface area contributed by atoms with Crippen LogP contribution in [-0.4, -0.2) is 12.9 Å². The molecule has 0 bridgehead atoms. The molecule has 1 heterocycles. The Kier molecular flexibility index (Phi) is 4.21. The lowest BCUT2D eigenvalue weighted by molar-refractivity contribution is 0.0950. The smallest absolute Gasteiger partial charge is 0.219 e. The molecule has 0 saturated carbocycles. The summed E-state index contributed by atoms with van der Waals surface area (Å²) in [6, 6.07) is 12.4. The van der Waals surface area contributed by atoms with E-state index in [1.54, 1.807) is 43.5 Å². The molecule has 0 saturated heterocycles. The molecule has 0 aliphatic carbocycles. The molecule has 0 radical (unpaired) electrons. The van der Waals surface area contributed by atoms with Gasteiger partial charge in [0.25, 0.3) is 0 Å². The lowest BCUT2D eigenvalue weighted by Crippen LogP contribution is -2.10. The second-order valence-corrected chi connectivity index (χ2v) is 4.32. The molecule has 4 heteroatoms. The Hall–Kier alpha value is -2.54. The first-order valence-electron chi connectivity index (χ1n) is 6.36. The van der Waals surface area contributed by atoms with Crippen LogP contribution in [0.2, 0.25) is 0 Å². The molecule has 1 aromatic heterocycles. The van der Waals surface area contributed by atoms with Crippen molar-refractivity contribution < 1.29 is 13.9 Å². The predicted octanol–water partition coefficient (Wildman–Crippen LogP) is 3.34. The second-order valence-electron chi connectivity index (χ2n) is 4.32. The largest absolute Gasteiger partial charge is 0.497 e. The molecule has 102 valence electrons. The number of nitrogens with zero attached hydrogens (tertiary/aromatic N) is 1. The molecular formula is C16H15NO3. The summed E-state index contributed by atoms with van der Waals surface area (Å²) >= 11 is 0. The monoisotopic (exact) mass is 269 g/mol. The molecule has 20 heavy (non-hydrogen) atoms. The molecule has 0 spiro atoms. The van der Waals surface area contributed by atoms with Gasteiger partial charge in [0, 0.05) is 6.42 Å². The molecule has 2 aromatic rings. The molecule has 0 aliphatic rings. The number of rotatable bonds is 5. The third kappa shape index (κ3) is 2.72. The molecule has 1 atom stereocenters. The van der Waals surface area contributed by atoms with Crippen LogP contribution in [-0.2, 0) is 6.42 Å². The second kappa shape index (κ2) is 6.07. The highest BCUT2D eigenvalue weighted by Gasteiger charge is 2.24. The average Bonchev–Trinajstić information content (AvgIpc) is 2.97. The summed E-state index contributed by atoms with van der Waals surface area (Å²) in [5.41, 5.74) is 0.603. The van der Waals surface area contributed by atoms with Gasteiger partial charge < -0.3 is 9.15 Å². The van der Waals surface area contributed by atoms with Crippen LogP contribution in [0.15, 0.2) is 40.8 Å². The number of methoxy groups -OCH3 is 1. The number of carbonyl (C=O) groups is 1. The van der Waals surface area contributed by atoms with Crippen molar-refractivity contribution in [3.63, 3.8) is 0 Å². The molecule has 0 amide bonds. The molecular weight excluding hydrogens is 254 g/mol. The van der Waals surface area contributed by atoms with Crippen LogP contribution >= 0.6 is 0 Å². The fourth-order valence-electron chi connectivity index (χ4n) is 1.95. The first-order chi connectivity index (χ1) is 9.69. The Balaban J connectivity index is 2.32. The van der Waals surface area contributed by atoms with E-state index in [1.807, 2.05) is 13.0 Å². The maximum absolute atomic E-state index is 12.3. The SMILES string of the molecule is CCc1ccc(C(=O)C(C#N)c2cccc(OC)c2)o1. The number of aryl methyl sites for hydroxylation is 1. The Labute approximate surface area is 117 Å². The molecule has 0 N–H and O–H groups in total. The molecule has 0 fully saturated rings. The zero-order valence-electron chi connectivity index (χ0n) is 11.4. The van der Waals surface area contributed by atoms with E-state index in [4.69, 9.17) is 9.15 Å². The summed E-state index contributed by atoms with van der Waals surface area (Å²) in [6.07, 6.45) is 0.712. The fraction of sp³-hybridized carbons (Fsp3) is 0.250. The van der Waals surface area contributed by atoms with Gasteiger partial charge in [-0.1, -0.05) is 19.1 Å². The first kappa shape index (κ1) is 13.9.